The van der Waals surface area contributed by atoms with Gasteiger partial charge in [-0.05, 0) is 56.0 Å². The first-order valence-corrected chi connectivity index (χ1v) is 11.1. The molecule has 176 valence electrons. The number of esters is 1. The summed E-state index contributed by atoms with van der Waals surface area (Å²) in [6.45, 7) is -0.221. The smallest absolute Gasteiger partial charge is 0.338 e. The molecule has 1 aliphatic heterocycles. The summed E-state index contributed by atoms with van der Waals surface area (Å²) >= 11 is 0. The summed E-state index contributed by atoms with van der Waals surface area (Å²) in [5, 5.41) is 13.8. The molecule has 1 fully saturated rings. The quantitative estimate of drug-likeness (QED) is 0.285. The van der Waals surface area contributed by atoms with E-state index in [0.29, 0.717) is 11.3 Å². The zero-order valence-corrected chi connectivity index (χ0v) is 18.3. The van der Waals surface area contributed by atoms with Gasteiger partial charge in [-0.3, -0.25) is 29.4 Å². The van der Waals surface area contributed by atoms with Crippen LogP contribution < -0.4 is 5.32 Å². The van der Waals surface area contributed by atoms with E-state index < -0.39 is 34.3 Å². The number of hydrogen-bond donors (Lipinski definition) is 1. The minimum Gasteiger partial charge on any atom is -0.459 e. The lowest BCUT2D eigenvalue weighted by Crippen LogP contribution is -2.33. The molecule has 1 N–H and O–H groups in total. The minimum atomic E-state index is -0.791. The summed E-state index contributed by atoms with van der Waals surface area (Å²) in [6.07, 6.45) is 4.78. The fourth-order valence-corrected chi connectivity index (χ4v) is 4.20. The Morgan fingerprint density at radius 1 is 1.03 bits per heavy atom. The lowest BCUT2D eigenvalue weighted by Gasteiger charge is -2.21. The number of benzene rings is 2. The van der Waals surface area contributed by atoms with Crippen LogP contribution in [0.4, 0.5) is 11.4 Å². The SMILES string of the molecule is O=C(CCN1C(=O)c2cccc([N+](=O)[O-])c2C1=O)Nc1ccc(C(=O)OC2CCCCC2)cc1. The molecule has 4 rings (SSSR count). The third-order valence-corrected chi connectivity index (χ3v) is 5.97. The van der Waals surface area contributed by atoms with Crippen LogP contribution in [0, 0.1) is 10.1 Å². The number of rotatable bonds is 7. The van der Waals surface area contributed by atoms with Crippen molar-refractivity contribution in [3.05, 3.63) is 69.3 Å². The van der Waals surface area contributed by atoms with Crippen LogP contribution in [0.2, 0.25) is 0 Å². The van der Waals surface area contributed by atoms with Crippen molar-refractivity contribution in [2.75, 3.05) is 11.9 Å². The van der Waals surface area contributed by atoms with Gasteiger partial charge in [0, 0.05) is 24.7 Å². The van der Waals surface area contributed by atoms with Gasteiger partial charge in [0.1, 0.15) is 11.7 Å². The number of imide groups is 1. The Morgan fingerprint density at radius 3 is 2.41 bits per heavy atom. The molecule has 2 aliphatic rings. The van der Waals surface area contributed by atoms with E-state index in [1.807, 2.05) is 0 Å². The standard InChI is InChI=1S/C24H23N3O7/c28-20(13-14-26-22(29)18-7-4-8-19(27(32)33)21(18)23(26)30)25-16-11-9-15(10-12-16)24(31)34-17-5-2-1-3-6-17/h4,7-12,17H,1-3,5-6,13-14H2,(H,25,28). The van der Waals surface area contributed by atoms with E-state index in [-0.39, 0.29) is 30.2 Å². The Kier molecular flexibility index (Phi) is 6.67. The van der Waals surface area contributed by atoms with Gasteiger partial charge in [0.15, 0.2) is 0 Å². The average molecular weight is 465 g/mol. The van der Waals surface area contributed by atoms with E-state index in [1.54, 1.807) is 24.3 Å². The number of anilines is 1. The van der Waals surface area contributed by atoms with Gasteiger partial charge in [0.2, 0.25) is 5.91 Å². The molecule has 34 heavy (non-hydrogen) atoms. The van der Waals surface area contributed by atoms with Gasteiger partial charge in [-0.1, -0.05) is 12.5 Å². The summed E-state index contributed by atoms with van der Waals surface area (Å²) in [5.41, 5.74) is 0.0854. The average Bonchev–Trinajstić information content (AvgIpc) is 3.08. The summed E-state index contributed by atoms with van der Waals surface area (Å²) in [6, 6.07) is 10.1. The minimum absolute atomic E-state index is 0.0460. The molecule has 1 heterocycles. The number of nitrogens with one attached hydrogen (secondary N) is 1. The van der Waals surface area contributed by atoms with E-state index >= 15 is 0 Å². The van der Waals surface area contributed by atoms with Gasteiger partial charge in [0.25, 0.3) is 17.5 Å². The van der Waals surface area contributed by atoms with Crippen molar-refractivity contribution in [3.63, 3.8) is 0 Å². The maximum absolute atomic E-state index is 12.6. The number of carbonyl (C=O) groups is 4. The maximum atomic E-state index is 12.6. The van der Waals surface area contributed by atoms with Crippen molar-refractivity contribution in [3.8, 4) is 0 Å². The lowest BCUT2D eigenvalue weighted by molar-refractivity contribution is -0.385. The predicted molar refractivity (Wildman–Crippen MR) is 120 cm³/mol. The van der Waals surface area contributed by atoms with E-state index in [1.165, 1.54) is 12.1 Å². The molecule has 0 spiro atoms. The third kappa shape index (κ3) is 4.80. The monoisotopic (exact) mass is 465 g/mol. The zero-order chi connectivity index (χ0) is 24.2. The molecule has 2 aromatic rings. The van der Waals surface area contributed by atoms with Crippen molar-refractivity contribution in [2.45, 2.75) is 44.6 Å². The molecule has 0 saturated heterocycles. The van der Waals surface area contributed by atoms with Crippen molar-refractivity contribution in [1.82, 2.24) is 4.90 Å². The second-order valence-corrected chi connectivity index (χ2v) is 8.26. The third-order valence-electron chi connectivity index (χ3n) is 5.97. The fraction of sp³-hybridized carbons (Fsp3) is 0.333. The van der Waals surface area contributed by atoms with E-state index in [4.69, 9.17) is 4.74 Å². The topological polar surface area (TPSA) is 136 Å². The van der Waals surface area contributed by atoms with Gasteiger partial charge in [-0.25, -0.2) is 4.79 Å². The van der Waals surface area contributed by atoms with Crippen molar-refractivity contribution < 1.29 is 28.8 Å². The molecule has 3 amide bonds. The highest BCUT2D eigenvalue weighted by Gasteiger charge is 2.40. The lowest BCUT2D eigenvalue weighted by atomic mass is 9.98. The van der Waals surface area contributed by atoms with Crippen LogP contribution in [0.25, 0.3) is 0 Å². The molecule has 10 heteroatoms. The number of nitro benzene ring substituents is 1. The summed E-state index contributed by atoms with van der Waals surface area (Å²) in [5.74, 6) is -2.31. The number of carbonyl (C=O) groups excluding carboxylic acids is 4. The van der Waals surface area contributed by atoms with Gasteiger partial charge < -0.3 is 10.1 Å². The first kappa shape index (κ1) is 23.1. The Hall–Kier alpha value is -4.08. The number of amides is 3. The molecule has 0 atom stereocenters. The molecule has 0 radical (unpaired) electrons. The predicted octanol–water partition coefficient (Wildman–Crippen LogP) is 3.71. The first-order chi connectivity index (χ1) is 16.3. The Bertz CT molecular complexity index is 1150. The van der Waals surface area contributed by atoms with Crippen LogP contribution in [0.1, 0.15) is 69.6 Å². The van der Waals surface area contributed by atoms with Crippen LogP contribution in [-0.4, -0.2) is 46.2 Å². The molecule has 10 nitrogen and oxygen atoms in total. The normalized spacial score (nSPS) is 15.7. The Balaban J connectivity index is 1.31. The van der Waals surface area contributed by atoms with Crippen molar-refractivity contribution in [1.29, 1.82) is 0 Å². The highest BCUT2D eigenvalue weighted by molar-refractivity contribution is 6.23. The number of ether oxygens (including phenoxy) is 1. The van der Waals surface area contributed by atoms with E-state index in [0.717, 1.165) is 43.1 Å². The number of nitro groups is 1. The highest BCUT2D eigenvalue weighted by atomic mass is 16.6. The van der Waals surface area contributed by atoms with Crippen LogP contribution in [0.15, 0.2) is 42.5 Å². The maximum Gasteiger partial charge on any atom is 0.338 e. The van der Waals surface area contributed by atoms with Gasteiger partial charge in [0.05, 0.1) is 16.1 Å². The number of hydrogen-bond acceptors (Lipinski definition) is 7. The van der Waals surface area contributed by atoms with Gasteiger partial charge in [-0.15, -0.1) is 0 Å². The first-order valence-electron chi connectivity index (χ1n) is 11.1. The molecule has 1 saturated carbocycles. The second-order valence-electron chi connectivity index (χ2n) is 8.26. The number of nitrogens with zero attached hydrogens (tertiary/aromatic N) is 2. The van der Waals surface area contributed by atoms with Crippen LogP contribution in [0.5, 0.6) is 0 Å². The molecular formula is C24H23N3O7. The highest BCUT2D eigenvalue weighted by Crippen LogP contribution is 2.30. The molecular weight excluding hydrogens is 442 g/mol. The van der Waals surface area contributed by atoms with Crippen LogP contribution >= 0.6 is 0 Å². The fourth-order valence-electron chi connectivity index (χ4n) is 4.20. The molecule has 0 unspecified atom stereocenters. The van der Waals surface area contributed by atoms with Gasteiger partial charge in [-0.2, -0.15) is 0 Å². The molecule has 1 aliphatic carbocycles. The molecule has 2 aromatic carbocycles. The summed E-state index contributed by atoms with van der Waals surface area (Å²) in [4.78, 5) is 61.0. The second kappa shape index (κ2) is 9.82. The van der Waals surface area contributed by atoms with Crippen LogP contribution in [-0.2, 0) is 9.53 Å². The van der Waals surface area contributed by atoms with Gasteiger partial charge >= 0.3 is 5.97 Å². The van der Waals surface area contributed by atoms with E-state index in [9.17, 15) is 29.3 Å². The van der Waals surface area contributed by atoms with Crippen molar-refractivity contribution in [2.24, 2.45) is 0 Å². The largest absolute Gasteiger partial charge is 0.459 e. The Morgan fingerprint density at radius 2 is 1.74 bits per heavy atom. The number of fused-ring (bicyclic) bond motifs is 1. The molecule has 0 aromatic heterocycles. The summed E-state index contributed by atoms with van der Waals surface area (Å²) in [7, 11) is 0. The van der Waals surface area contributed by atoms with Crippen LogP contribution in [0.3, 0.4) is 0 Å². The zero-order valence-electron chi connectivity index (χ0n) is 18.3. The molecule has 0 bridgehead atoms. The van der Waals surface area contributed by atoms with Crippen molar-refractivity contribution >= 4 is 35.1 Å². The summed E-state index contributed by atoms with van der Waals surface area (Å²) < 4.78 is 5.53. The Labute approximate surface area is 195 Å². The van der Waals surface area contributed by atoms with E-state index in [2.05, 4.69) is 5.32 Å².